The van der Waals surface area contributed by atoms with E-state index in [0.29, 0.717) is 32.7 Å². The Labute approximate surface area is 147 Å². The van der Waals surface area contributed by atoms with Crippen molar-refractivity contribution in [2.45, 2.75) is 0 Å². The minimum atomic E-state index is -0.335. The molecule has 1 aromatic carbocycles. The molecule has 1 amide bonds. The first-order valence-corrected chi connectivity index (χ1v) is 7.68. The van der Waals surface area contributed by atoms with Gasteiger partial charge in [-0.1, -0.05) is 23.2 Å². The molecular weight excluding hydrogens is 349 g/mol. The molecule has 0 unspecified atom stereocenters. The van der Waals surface area contributed by atoms with E-state index in [-0.39, 0.29) is 5.91 Å². The van der Waals surface area contributed by atoms with Crippen molar-refractivity contribution in [3.63, 3.8) is 0 Å². The van der Waals surface area contributed by atoms with Gasteiger partial charge in [-0.15, -0.1) is 0 Å². The third-order valence-corrected chi connectivity index (χ3v) is 3.69. The van der Waals surface area contributed by atoms with Crippen molar-refractivity contribution in [3.05, 3.63) is 76.2 Å². The fourth-order valence-corrected chi connectivity index (χ4v) is 2.36. The molecule has 0 spiro atoms. The van der Waals surface area contributed by atoms with Gasteiger partial charge in [0.05, 0.1) is 11.2 Å². The van der Waals surface area contributed by atoms with Crippen molar-refractivity contribution in [1.82, 2.24) is 10.4 Å². The second-order valence-corrected chi connectivity index (χ2v) is 5.60. The number of benzene rings is 1. The first-order valence-electron chi connectivity index (χ1n) is 6.92. The summed E-state index contributed by atoms with van der Waals surface area (Å²) in [6.07, 6.45) is 4.47. The van der Waals surface area contributed by atoms with E-state index in [0.717, 1.165) is 0 Å². The summed E-state index contributed by atoms with van der Waals surface area (Å²) in [6, 6.07) is 11.8. The zero-order valence-corrected chi connectivity index (χ0v) is 13.8. The highest BCUT2D eigenvalue weighted by Gasteiger charge is 2.09. The molecule has 0 fully saturated rings. The maximum Gasteiger partial charge on any atom is 0.271 e. The molecule has 0 saturated carbocycles. The van der Waals surface area contributed by atoms with E-state index < -0.39 is 0 Å². The van der Waals surface area contributed by atoms with Gasteiger partial charge in [0.15, 0.2) is 0 Å². The van der Waals surface area contributed by atoms with Crippen LogP contribution in [0.4, 0.5) is 0 Å². The molecule has 0 saturated heterocycles. The van der Waals surface area contributed by atoms with Crippen LogP contribution in [-0.2, 0) is 0 Å². The highest BCUT2D eigenvalue weighted by molar-refractivity contribution is 6.35. The van der Waals surface area contributed by atoms with Gasteiger partial charge in [-0.2, -0.15) is 5.10 Å². The average molecular weight is 360 g/mol. The van der Waals surface area contributed by atoms with Crippen LogP contribution in [0.25, 0.3) is 11.3 Å². The van der Waals surface area contributed by atoms with E-state index in [1.165, 1.54) is 18.6 Å². The zero-order valence-electron chi connectivity index (χ0n) is 12.2. The van der Waals surface area contributed by atoms with Crippen molar-refractivity contribution in [2.75, 3.05) is 0 Å². The van der Waals surface area contributed by atoms with Gasteiger partial charge in [0.25, 0.3) is 5.91 Å². The van der Waals surface area contributed by atoms with Gasteiger partial charge < -0.3 is 4.42 Å². The quantitative estimate of drug-likeness (QED) is 0.554. The summed E-state index contributed by atoms with van der Waals surface area (Å²) >= 11 is 12.1. The Hall–Kier alpha value is -2.63. The maximum atomic E-state index is 11.8. The minimum absolute atomic E-state index is 0.335. The first kappa shape index (κ1) is 16.2. The lowest BCUT2D eigenvalue weighted by atomic mass is 10.2. The Morgan fingerprint density at radius 2 is 1.92 bits per heavy atom. The molecular formula is C17H11Cl2N3O2. The number of halogens is 2. The number of nitrogens with one attached hydrogen (secondary N) is 1. The minimum Gasteiger partial charge on any atom is -0.455 e. The number of carbonyl (C=O) groups is 1. The number of carbonyl (C=O) groups excluding carboxylic acids is 1. The van der Waals surface area contributed by atoms with Crippen LogP contribution in [0.1, 0.15) is 16.1 Å². The van der Waals surface area contributed by atoms with Gasteiger partial charge in [-0.25, -0.2) is 5.43 Å². The number of furan rings is 1. The number of amides is 1. The third kappa shape index (κ3) is 3.82. The summed E-state index contributed by atoms with van der Waals surface area (Å²) < 4.78 is 5.64. The largest absolute Gasteiger partial charge is 0.455 e. The smallest absolute Gasteiger partial charge is 0.271 e. The molecule has 3 aromatic rings. The van der Waals surface area contributed by atoms with Gasteiger partial charge in [0.1, 0.15) is 11.5 Å². The normalized spacial score (nSPS) is 10.9. The molecule has 120 valence electrons. The van der Waals surface area contributed by atoms with Crippen LogP contribution < -0.4 is 5.43 Å². The second-order valence-electron chi connectivity index (χ2n) is 4.76. The number of pyridine rings is 1. The monoisotopic (exact) mass is 359 g/mol. The van der Waals surface area contributed by atoms with E-state index in [2.05, 4.69) is 15.5 Å². The predicted molar refractivity (Wildman–Crippen MR) is 93.5 cm³/mol. The summed E-state index contributed by atoms with van der Waals surface area (Å²) in [5.74, 6) is 0.693. The molecule has 2 aromatic heterocycles. The van der Waals surface area contributed by atoms with Gasteiger partial charge in [-0.3, -0.25) is 9.78 Å². The number of hydrogen-bond acceptors (Lipinski definition) is 4. The Morgan fingerprint density at radius 3 is 2.71 bits per heavy atom. The van der Waals surface area contributed by atoms with Crippen molar-refractivity contribution in [3.8, 4) is 11.3 Å². The number of hydrogen-bond donors (Lipinski definition) is 1. The standard InChI is InChI=1S/C17H11Cl2N3O2/c18-12-1-3-15(19)14(9-12)16-4-2-13(24-16)10-21-22-17(23)11-5-7-20-8-6-11/h1-10H,(H,22,23). The molecule has 1 N–H and O–H groups in total. The average Bonchev–Trinajstić information content (AvgIpc) is 3.06. The van der Waals surface area contributed by atoms with Crippen LogP contribution in [0.15, 0.2) is 64.4 Å². The summed E-state index contributed by atoms with van der Waals surface area (Å²) in [4.78, 5) is 15.7. The van der Waals surface area contributed by atoms with Crippen LogP contribution in [0.3, 0.4) is 0 Å². The third-order valence-electron chi connectivity index (χ3n) is 3.12. The Kier molecular flexibility index (Phi) is 4.93. The van der Waals surface area contributed by atoms with Crippen LogP contribution in [0.2, 0.25) is 10.0 Å². The van der Waals surface area contributed by atoms with Crippen molar-refractivity contribution in [1.29, 1.82) is 0 Å². The molecule has 5 nitrogen and oxygen atoms in total. The number of rotatable bonds is 4. The molecule has 0 atom stereocenters. The highest BCUT2D eigenvalue weighted by atomic mass is 35.5. The van der Waals surface area contributed by atoms with E-state index in [4.69, 9.17) is 27.6 Å². The van der Waals surface area contributed by atoms with Crippen molar-refractivity contribution >= 4 is 35.3 Å². The molecule has 2 heterocycles. The maximum absolute atomic E-state index is 11.8. The SMILES string of the molecule is O=C(NN=Cc1ccc(-c2cc(Cl)ccc2Cl)o1)c1ccncc1. The molecule has 7 heteroatoms. The van der Waals surface area contributed by atoms with Crippen LogP contribution in [0, 0.1) is 0 Å². The summed E-state index contributed by atoms with van der Waals surface area (Å²) in [6.45, 7) is 0. The number of aromatic nitrogens is 1. The lowest BCUT2D eigenvalue weighted by molar-refractivity contribution is 0.0955. The fraction of sp³-hybridized carbons (Fsp3) is 0. The summed E-state index contributed by atoms with van der Waals surface area (Å²) in [5.41, 5.74) is 3.56. The van der Waals surface area contributed by atoms with Gasteiger partial charge in [-0.05, 0) is 42.5 Å². The van der Waals surface area contributed by atoms with E-state index in [1.54, 1.807) is 42.5 Å². The van der Waals surface area contributed by atoms with Gasteiger partial charge in [0, 0.05) is 28.5 Å². The molecule has 0 aliphatic carbocycles. The number of nitrogens with zero attached hydrogens (tertiary/aromatic N) is 2. The van der Waals surface area contributed by atoms with Crippen LogP contribution >= 0.6 is 23.2 Å². The fourth-order valence-electron chi connectivity index (χ4n) is 1.98. The topological polar surface area (TPSA) is 67.5 Å². The molecule has 24 heavy (non-hydrogen) atoms. The lowest BCUT2D eigenvalue weighted by Crippen LogP contribution is -2.17. The molecule has 0 aliphatic rings. The molecule has 3 rings (SSSR count). The van der Waals surface area contributed by atoms with Gasteiger partial charge in [0.2, 0.25) is 0 Å². The Balaban J connectivity index is 1.70. The molecule has 0 aliphatic heterocycles. The van der Waals surface area contributed by atoms with E-state index in [1.807, 2.05) is 0 Å². The van der Waals surface area contributed by atoms with Crippen LogP contribution in [-0.4, -0.2) is 17.1 Å². The Morgan fingerprint density at radius 1 is 1.12 bits per heavy atom. The number of hydrazone groups is 1. The van der Waals surface area contributed by atoms with Crippen LogP contribution in [0.5, 0.6) is 0 Å². The summed E-state index contributed by atoms with van der Waals surface area (Å²) in [7, 11) is 0. The molecule has 0 bridgehead atoms. The summed E-state index contributed by atoms with van der Waals surface area (Å²) in [5, 5.41) is 4.96. The second kappa shape index (κ2) is 7.29. The zero-order chi connectivity index (χ0) is 16.9. The lowest BCUT2D eigenvalue weighted by Gasteiger charge is -2.01. The predicted octanol–water partition coefficient (Wildman–Crippen LogP) is 4.41. The first-order chi connectivity index (χ1) is 11.6. The highest BCUT2D eigenvalue weighted by Crippen LogP contribution is 2.31. The van der Waals surface area contributed by atoms with Crippen molar-refractivity contribution < 1.29 is 9.21 Å². The van der Waals surface area contributed by atoms with E-state index >= 15 is 0 Å². The molecule has 0 radical (unpaired) electrons. The van der Waals surface area contributed by atoms with E-state index in [9.17, 15) is 4.79 Å². The Bertz CT molecular complexity index is 892. The van der Waals surface area contributed by atoms with Gasteiger partial charge >= 0.3 is 0 Å². The van der Waals surface area contributed by atoms with Crippen molar-refractivity contribution in [2.24, 2.45) is 5.10 Å².